The Hall–Kier alpha value is -1.84. The summed E-state index contributed by atoms with van der Waals surface area (Å²) in [6.45, 7) is 0.533. The zero-order valence-electron chi connectivity index (χ0n) is 6.81. The van der Waals surface area contributed by atoms with E-state index in [0.717, 1.165) is 21.7 Å². The van der Waals surface area contributed by atoms with Crippen molar-refractivity contribution >= 4 is 11.0 Å². The number of fused-ring (bicyclic) bond motifs is 2. The highest BCUT2D eigenvalue weighted by atomic mass is 15.0. The summed E-state index contributed by atoms with van der Waals surface area (Å²) >= 11 is 0. The fourth-order valence-corrected chi connectivity index (χ4v) is 1.43. The molecule has 0 radical (unpaired) electrons. The number of nitrogens with zero attached hydrogens (tertiary/aromatic N) is 4. The molecule has 0 saturated carbocycles. The number of rotatable bonds is 0. The molecule has 0 N–H and O–H groups in total. The van der Waals surface area contributed by atoms with Crippen LogP contribution in [0.2, 0.25) is 0 Å². The number of hydrogen-bond acceptors (Lipinski definition) is 4. The summed E-state index contributed by atoms with van der Waals surface area (Å²) in [4.78, 5) is 16.8. The Labute approximate surface area is 73.7 Å². The van der Waals surface area contributed by atoms with Gasteiger partial charge >= 0.3 is 0 Å². The van der Waals surface area contributed by atoms with E-state index in [1.54, 1.807) is 12.4 Å². The summed E-state index contributed by atoms with van der Waals surface area (Å²) in [6.07, 6.45) is 3.36. The van der Waals surface area contributed by atoms with Crippen LogP contribution in [0.1, 0.15) is 0 Å². The molecule has 0 fully saturated rings. The molecule has 0 amide bonds. The van der Waals surface area contributed by atoms with Crippen molar-refractivity contribution in [2.45, 2.75) is 0 Å². The lowest BCUT2D eigenvalue weighted by molar-refractivity contribution is 1.06. The quantitative estimate of drug-likeness (QED) is 0.551. The lowest BCUT2D eigenvalue weighted by Crippen LogP contribution is -2.21. The molecule has 0 atom stereocenters. The molecule has 2 heterocycles. The normalized spacial score (nSPS) is 13.5. The maximum atomic E-state index is 4.21. The van der Waals surface area contributed by atoms with Crippen LogP contribution in [0.15, 0.2) is 34.5 Å². The number of hydrogen-bond donors (Lipinski definition) is 0. The van der Waals surface area contributed by atoms with E-state index in [2.05, 4.69) is 20.0 Å². The van der Waals surface area contributed by atoms with E-state index in [-0.39, 0.29) is 0 Å². The van der Waals surface area contributed by atoms with Crippen LogP contribution in [-0.4, -0.2) is 16.6 Å². The van der Waals surface area contributed by atoms with Crippen LogP contribution in [0.5, 0.6) is 0 Å². The van der Waals surface area contributed by atoms with Gasteiger partial charge in [0, 0.05) is 12.4 Å². The predicted octanol–water partition coefficient (Wildman–Crippen LogP) is -0.160. The van der Waals surface area contributed by atoms with Crippen LogP contribution in [0.25, 0.3) is 11.0 Å². The van der Waals surface area contributed by atoms with E-state index < -0.39 is 0 Å². The molecule has 1 aliphatic heterocycles. The second-order valence-electron chi connectivity index (χ2n) is 2.84. The van der Waals surface area contributed by atoms with Crippen molar-refractivity contribution in [2.75, 3.05) is 6.67 Å². The Morgan fingerprint density at radius 1 is 0.846 bits per heavy atom. The minimum absolute atomic E-state index is 0.533. The van der Waals surface area contributed by atoms with E-state index in [9.17, 15) is 0 Å². The van der Waals surface area contributed by atoms with Crippen molar-refractivity contribution in [3.8, 4) is 0 Å². The standard InChI is InChI=1S/C9H6N4/c1-2-11-7-4-9-8(12-5-13-9)3-6(7)10-1/h1-4H,5H2. The molecule has 0 aliphatic carbocycles. The molecule has 3 rings (SSSR count). The summed E-state index contributed by atoms with van der Waals surface area (Å²) in [6, 6.07) is 3.85. The summed E-state index contributed by atoms with van der Waals surface area (Å²) in [5.41, 5.74) is 1.75. The van der Waals surface area contributed by atoms with Gasteiger partial charge in [-0.15, -0.1) is 0 Å². The van der Waals surface area contributed by atoms with Crippen LogP contribution in [-0.2, 0) is 0 Å². The third-order valence-corrected chi connectivity index (χ3v) is 2.05. The van der Waals surface area contributed by atoms with Gasteiger partial charge in [0.1, 0.15) is 6.67 Å². The van der Waals surface area contributed by atoms with Gasteiger partial charge in [-0.3, -0.25) is 20.0 Å². The van der Waals surface area contributed by atoms with Crippen molar-refractivity contribution in [1.29, 1.82) is 0 Å². The Morgan fingerprint density at radius 3 is 1.92 bits per heavy atom. The van der Waals surface area contributed by atoms with Gasteiger partial charge in [0.15, 0.2) is 0 Å². The second kappa shape index (κ2) is 2.32. The molecule has 0 saturated heterocycles. The third-order valence-electron chi connectivity index (χ3n) is 2.05. The summed E-state index contributed by atoms with van der Waals surface area (Å²) in [5.74, 6) is 0. The zero-order valence-corrected chi connectivity index (χ0v) is 6.81. The van der Waals surface area contributed by atoms with Gasteiger partial charge in [-0.2, -0.15) is 0 Å². The molecular formula is C9H6N4. The summed E-state index contributed by atoms with van der Waals surface area (Å²) in [5, 5.41) is 1.85. The van der Waals surface area contributed by atoms with Crippen molar-refractivity contribution < 1.29 is 0 Å². The predicted molar refractivity (Wildman–Crippen MR) is 46.7 cm³/mol. The smallest absolute Gasteiger partial charge is 0.130 e. The van der Waals surface area contributed by atoms with Crippen LogP contribution >= 0.6 is 0 Å². The third kappa shape index (κ3) is 0.917. The highest BCUT2D eigenvalue weighted by Gasteiger charge is 2.00. The fourth-order valence-electron chi connectivity index (χ4n) is 1.43. The van der Waals surface area contributed by atoms with Gasteiger partial charge in [0.2, 0.25) is 0 Å². The first-order valence-electron chi connectivity index (χ1n) is 4.03. The van der Waals surface area contributed by atoms with Crippen LogP contribution in [0.4, 0.5) is 0 Å². The molecule has 0 spiro atoms. The Morgan fingerprint density at radius 2 is 1.38 bits per heavy atom. The van der Waals surface area contributed by atoms with Crippen LogP contribution < -0.4 is 10.7 Å². The average molecular weight is 170 g/mol. The van der Waals surface area contributed by atoms with Gasteiger partial charge in [-0.05, 0) is 12.1 Å². The van der Waals surface area contributed by atoms with Gasteiger partial charge in [-0.25, -0.2) is 0 Å². The molecule has 13 heavy (non-hydrogen) atoms. The van der Waals surface area contributed by atoms with Gasteiger partial charge in [0.25, 0.3) is 0 Å². The van der Waals surface area contributed by atoms with Gasteiger partial charge in [-0.1, -0.05) is 0 Å². The summed E-state index contributed by atoms with van der Waals surface area (Å²) < 4.78 is 0. The molecule has 2 aromatic rings. The maximum Gasteiger partial charge on any atom is 0.130 e. The van der Waals surface area contributed by atoms with E-state index in [1.807, 2.05) is 12.1 Å². The highest BCUT2D eigenvalue weighted by molar-refractivity contribution is 5.72. The molecular weight excluding hydrogens is 164 g/mol. The minimum atomic E-state index is 0.533. The zero-order chi connectivity index (χ0) is 8.67. The Kier molecular flexibility index (Phi) is 1.19. The van der Waals surface area contributed by atoms with Crippen molar-refractivity contribution in [3.63, 3.8) is 0 Å². The van der Waals surface area contributed by atoms with E-state index in [1.165, 1.54) is 0 Å². The first-order chi connectivity index (χ1) is 6.43. The van der Waals surface area contributed by atoms with Crippen molar-refractivity contribution in [3.05, 3.63) is 35.2 Å². The topological polar surface area (TPSA) is 50.5 Å². The number of benzene rings is 1. The SMILES string of the molecule is c1cnc2cc3c(cc2n1)=NCN=3. The minimum Gasteiger partial charge on any atom is -0.260 e. The fraction of sp³-hybridized carbons (Fsp3) is 0.111. The number of aromatic nitrogens is 2. The summed E-state index contributed by atoms with van der Waals surface area (Å²) in [7, 11) is 0. The largest absolute Gasteiger partial charge is 0.260 e. The molecule has 4 heteroatoms. The van der Waals surface area contributed by atoms with Crippen LogP contribution in [0, 0.1) is 0 Å². The van der Waals surface area contributed by atoms with Gasteiger partial charge < -0.3 is 0 Å². The monoisotopic (exact) mass is 170 g/mol. The molecule has 0 bridgehead atoms. The van der Waals surface area contributed by atoms with Gasteiger partial charge in [0.05, 0.1) is 21.7 Å². The first kappa shape index (κ1) is 6.65. The maximum absolute atomic E-state index is 4.21. The molecule has 1 aromatic heterocycles. The van der Waals surface area contributed by atoms with Crippen LogP contribution in [0.3, 0.4) is 0 Å². The molecule has 0 unspecified atom stereocenters. The highest BCUT2D eigenvalue weighted by Crippen LogP contribution is 2.00. The Balaban J connectivity index is 2.58. The van der Waals surface area contributed by atoms with Crippen molar-refractivity contribution in [1.82, 2.24) is 9.97 Å². The van der Waals surface area contributed by atoms with E-state index in [4.69, 9.17) is 0 Å². The Bertz CT molecular complexity index is 536. The molecule has 1 aromatic carbocycles. The molecule has 62 valence electrons. The average Bonchev–Trinajstić information content (AvgIpc) is 2.61. The second-order valence-corrected chi connectivity index (χ2v) is 2.84. The lowest BCUT2D eigenvalue weighted by atomic mass is 10.3. The molecule has 1 aliphatic rings. The van der Waals surface area contributed by atoms with Crippen molar-refractivity contribution in [2.24, 2.45) is 9.98 Å². The first-order valence-corrected chi connectivity index (χ1v) is 4.03. The molecule has 4 nitrogen and oxygen atoms in total. The van der Waals surface area contributed by atoms with E-state index in [0.29, 0.717) is 6.67 Å². The lowest BCUT2D eigenvalue weighted by Gasteiger charge is -1.92. The van der Waals surface area contributed by atoms with E-state index >= 15 is 0 Å².